The molecule has 2 rings (SSSR count). The lowest BCUT2D eigenvalue weighted by molar-refractivity contribution is 0.536. The maximum atomic E-state index is 12.4. The fourth-order valence-electron chi connectivity index (χ4n) is 2.02. The van der Waals surface area contributed by atoms with E-state index in [4.69, 9.17) is 0 Å². The van der Waals surface area contributed by atoms with Gasteiger partial charge in [0.05, 0.1) is 4.90 Å². The topological polar surface area (TPSA) is 71.1 Å². The quantitative estimate of drug-likeness (QED) is 0.812. The average molecular weight is 339 g/mol. The molecule has 0 unspecified atom stereocenters. The van der Waals surface area contributed by atoms with Crippen molar-refractivity contribution in [1.29, 1.82) is 0 Å². The van der Waals surface area contributed by atoms with E-state index in [0.29, 0.717) is 6.54 Å². The highest BCUT2D eigenvalue weighted by atomic mass is 32.2. The highest BCUT2D eigenvalue weighted by Gasteiger charge is 2.16. The molecule has 22 heavy (non-hydrogen) atoms. The molecule has 0 aliphatic rings. The normalized spacial score (nSPS) is 13.2. The Hall–Kier alpha value is -1.28. The number of benzene rings is 1. The van der Waals surface area contributed by atoms with E-state index < -0.39 is 10.0 Å². The molecule has 120 valence electrons. The van der Waals surface area contributed by atoms with Crippen LogP contribution in [0.3, 0.4) is 0 Å². The van der Waals surface area contributed by atoms with E-state index in [2.05, 4.69) is 15.0 Å². The van der Waals surface area contributed by atoms with Crippen LogP contribution in [0, 0.1) is 6.92 Å². The molecule has 1 aromatic heterocycles. The highest BCUT2D eigenvalue weighted by Crippen LogP contribution is 2.25. The van der Waals surface area contributed by atoms with E-state index in [1.54, 1.807) is 18.2 Å². The van der Waals surface area contributed by atoms with Crippen LogP contribution in [-0.2, 0) is 10.0 Å². The number of hydrogen-bond acceptors (Lipinski definition) is 5. The zero-order chi connectivity index (χ0) is 16.2. The Balaban J connectivity index is 2.17. The van der Waals surface area contributed by atoms with Gasteiger partial charge in [-0.25, -0.2) is 18.1 Å². The summed E-state index contributed by atoms with van der Waals surface area (Å²) in [4.78, 5) is 4.66. The maximum Gasteiger partial charge on any atom is 0.240 e. The number of sulfonamides is 1. The lowest BCUT2D eigenvalue weighted by Crippen LogP contribution is -2.38. The Morgan fingerprint density at radius 1 is 1.36 bits per heavy atom. The van der Waals surface area contributed by atoms with Crippen molar-refractivity contribution >= 4 is 21.4 Å². The van der Waals surface area contributed by atoms with Gasteiger partial charge in [-0.1, -0.05) is 19.1 Å². The molecule has 1 aromatic carbocycles. The van der Waals surface area contributed by atoms with Crippen molar-refractivity contribution in [3.63, 3.8) is 0 Å². The first kappa shape index (κ1) is 17.1. The number of rotatable bonds is 7. The predicted molar refractivity (Wildman–Crippen MR) is 90.6 cm³/mol. The van der Waals surface area contributed by atoms with Gasteiger partial charge in [-0.3, -0.25) is 0 Å². The van der Waals surface area contributed by atoms with Crippen molar-refractivity contribution in [1.82, 2.24) is 15.0 Å². The zero-order valence-corrected chi connectivity index (χ0v) is 14.6. The summed E-state index contributed by atoms with van der Waals surface area (Å²) in [6, 6.07) is 6.97. The predicted octanol–water partition coefficient (Wildman–Crippen LogP) is 2.39. The van der Waals surface area contributed by atoms with E-state index in [9.17, 15) is 8.42 Å². The standard InChI is InChI=1S/C15H21N3O2S2/c1-4-16-11(2)9-17-22(19,20)14-7-5-6-13(8-14)15-18-12(3)10-21-15/h5-8,10-11,16-17H,4,9H2,1-3H3/t11-/m1/s1. The summed E-state index contributed by atoms with van der Waals surface area (Å²) in [5.41, 5.74) is 1.76. The summed E-state index contributed by atoms with van der Waals surface area (Å²) in [5, 5.41) is 5.95. The number of likely N-dealkylation sites (N-methyl/N-ethyl adjacent to an activating group) is 1. The number of thiazole rings is 1. The summed E-state index contributed by atoms with van der Waals surface area (Å²) in [6.07, 6.45) is 0. The first-order valence-electron chi connectivity index (χ1n) is 7.18. The van der Waals surface area contributed by atoms with E-state index in [1.165, 1.54) is 11.3 Å². The molecular formula is C15H21N3O2S2. The van der Waals surface area contributed by atoms with Crippen LogP contribution in [0.15, 0.2) is 34.5 Å². The molecule has 0 spiro atoms. The zero-order valence-electron chi connectivity index (χ0n) is 13.0. The van der Waals surface area contributed by atoms with Gasteiger partial charge in [0.25, 0.3) is 0 Å². The van der Waals surface area contributed by atoms with Crippen LogP contribution in [-0.4, -0.2) is 32.5 Å². The molecule has 7 heteroatoms. The third-order valence-corrected chi connectivity index (χ3v) is 5.57. The van der Waals surface area contributed by atoms with Crippen LogP contribution < -0.4 is 10.0 Å². The van der Waals surface area contributed by atoms with Crippen molar-refractivity contribution < 1.29 is 8.42 Å². The molecule has 0 fully saturated rings. The van der Waals surface area contributed by atoms with Gasteiger partial charge in [-0.2, -0.15) is 0 Å². The van der Waals surface area contributed by atoms with Crippen LogP contribution in [0.25, 0.3) is 10.6 Å². The van der Waals surface area contributed by atoms with Gasteiger partial charge >= 0.3 is 0 Å². The lowest BCUT2D eigenvalue weighted by Gasteiger charge is -2.13. The van der Waals surface area contributed by atoms with Gasteiger partial charge in [-0.15, -0.1) is 11.3 Å². The second kappa shape index (κ2) is 7.32. The monoisotopic (exact) mass is 339 g/mol. The van der Waals surface area contributed by atoms with E-state index in [1.807, 2.05) is 32.2 Å². The smallest absolute Gasteiger partial charge is 0.240 e. The van der Waals surface area contributed by atoms with Gasteiger partial charge in [0, 0.05) is 29.2 Å². The van der Waals surface area contributed by atoms with Crippen molar-refractivity contribution in [2.75, 3.05) is 13.1 Å². The number of nitrogens with zero attached hydrogens (tertiary/aromatic N) is 1. The number of hydrogen-bond donors (Lipinski definition) is 2. The highest BCUT2D eigenvalue weighted by molar-refractivity contribution is 7.89. The van der Waals surface area contributed by atoms with Crippen LogP contribution in [0.4, 0.5) is 0 Å². The van der Waals surface area contributed by atoms with Gasteiger partial charge in [0.15, 0.2) is 0 Å². The largest absolute Gasteiger partial charge is 0.313 e. The molecule has 5 nitrogen and oxygen atoms in total. The second-order valence-electron chi connectivity index (χ2n) is 5.13. The molecule has 1 atom stereocenters. The van der Waals surface area contributed by atoms with Crippen molar-refractivity contribution in [2.24, 2.45) is 0 Å². The van der Waals surface area contributed by atoms with Gasteiger partial charge in [0.1, 0.15) is 5.01 Å². The summed E-state index contributed by atoms with van der Waals surface area (Å²) in [7, 11) is -3.51. The Morgan fingerprint density at radius 3 is 2.77 bits per heavy atom. The minimum atomic E-state index is -3.51. The Labute approximate surface area is 135 Å². The molecule has 0 radical (unpaired) electrons. The number of aromatic nitrogens is 1. The number of nitrogens with one attached hydrogen (secondary N) is 2. The molecule has 0 amide bonds. The summed E-state index contributed by atoms with van der Waals surface area (Å²) >= 11 is 1.51. The van der Waals surface area contributed by atoms with Crippen LogP contribution >= 0.6 is 11.3 Å². The fourth-order valence-corrected chi connectivity index (χ4v) is 3.99. The molecule has 0 aliphatic carbocycles. The Bertz CT molecular complexity index is 726. The summed E-state index contributed by atoms with van der Waals surface area (Å²) < 4.78 is 27.4. The first-order valence-corrected chi connectivity index (χ1v) is 9.54. The number of aryl methyl sites for hydroxylation is 1. The fraction of sp³-hybridized carbons (Fsp3) is 0.400. The second-order valence-corrected chi connectivity index (χ2v) is 7.76. The Morgan fingerprint density at radius 2 is 2.14 bits per heavy atom. The van der Waals surface area contributed by atoms with Crippen molar-refractivity contribution in [2.45, 2.75) is 31.7 Å². The molecule has 2 aromatic rings. The lowest BCUT2D eigenvalue weighted by atomic mass is 10.2. The van der Waals surface area contributed by atoms with Crippen molar-refractivity contribution in [3.05, 3.63) is 35.3 Å². The van der Waals surface area contributed by atoms with E-state index in [-0.39, 0.29) is 10.9 Å². The molecule has 0 aliphatic heterocycles. The molecule has 0 bridgehead atoms. The van der Waals surface area contributed by atoms with Crippen LogP contribution in [0.5, 0.6) is 0 Å². The maximum absolute atomic E-state index is 12.4. The molecule has 0 saturated carbocycles. The van der Waals surface area contributed by atoms with Gasteiger partial charge in [-0.05, 0) is 32.5 Å². The van der Waals surface area contributed by atoms with Crippen molar-refractivity contribution in [3.8, 4) is 10.6 Å². The van der Waals surface area contributed by atoms with Gasteiger partial charge < -0.3 is 5.32 Å². The van der Waals surface area contributed by atoms with E-state index >= 15 is 0 Å². The van der Waals surface area contributed by atoms with Crippen LogP contribution in [0.2, 0.25) is 0 Å². The summed E-state index contributed by atoms with van der Waals surface area (Å²) in [6.45, 7) is 7.02. The Kier molecular flexibility index (Phi) is 5.69. The van der Waals surface area contributed by atoms with E-state index in [0.717, 1.165) is 22.8 Å². The van der Waals surface area contributed by atoms with Crippen LogP contribution in [0.1, 0.15) is 19.5 Å². The minimum Gasteiger partial charge on any atom is -0.313 e. The molecule has 0 saturated heterocycles. The van der Waals surface area contributed by atoms with Gasteiger partial charge in [0.2, 0.25) is 10.0 Å². The first-order chi connectivity index (χ1) is 10.4. The molecule has 2 N–H and O–H groups in total. The SMILES string of the molecule is CCN[C@H](C)CNS(=O)(=O)c1cccc(-c2nc(C)cs2)c1. The average Bonchev–Trinajstić information content (AvgIpc) is 2.92. The molecular weight excluding hydrogens is 318 g/mol. The third-order valence-electron chi connectivity index (χ3n) is 3.14. The third kappa shape index (κ3) is 4.36. The molecule has 1 heterocycles. The summed E-state index contributed by atoms with van der Waals surface area (Å²) in [5.74, 6) is 0. The minimum absolute atomic E-state index is 0.0876.